The maximum Gasteiger partial charge on any atom is 0.265 e. The molecule has 0 saturated carbocycles. The number of thiazole rings is 1. The van der Waals surface area contributed by atoms with E-state index in [0.717, 1.165) is 31.3 Å². The Morgan fingerprint density at radius 1 is 1.52 bits per heavy atom. The third-order valence-corrected chi connectivity index (χ3v) is 4.68. The minimum Gasteiger partial charge on any atom is -0.394 e. The van der Waals surface area contributed by atoms with Crippen LogP contribution in [0.3, 0.4) is 0 Å². The van der Waals surface area contributed by atoms with Gasteiger partial charge in [0, 0.05) is 26.2 Å². The summed E-state index contributed by atoms with van der Waals surface area (Å²) in [6, 6.07) is -0.276. The molecule has 0 aromatic carbocycles. The highest BCUT2D eigenvalue weighted by Gasteiger charge is 2.23. The lowest BCUT2D eigenvalue weighted by Gasteiger charge is -2.26. The Balaban J connectivity index is 2.09. The van der Waals surface area contributed by atoms with Gasteiger partial charge in [-0.2, -0.15) is 0 Å². The third kappa shape index (κ3) is 3.84. The number of nitrogens with zero attached hydrogens (tertiary/aromatic N) is 2. The molecule has 1 unspecified atom stereocenters. The van der Waals surface area contributed by atoms with Gasteiger partial charge in [0.05, 0.1) is 12.6 Å². The van der Waals surface area contributed by atoms with E-state index in [4.69, 9.17) is 5.73 Å². The van der Waals surface area contributed by atoms with E-state index in [0.29, 0.717) is 4.88 Å². The highest BCUT2D eigenvalue weighted by Crippen LogP contribution is 2.28. The van der Waals surface area contributed by atoms with E-state index in [1.54, 1.807) is 0 Å². The number of hydrogen-bond donors (Lipinski definition) is 4. The molecule has 2 heterocycles. The first-order valence-corrected chi connectivity index (χ1v) is 7.98. The van der Waals surface area contributed by atoms with Crippen LogP contribution in [0.25, 0.3) is 0 Å². The number of carbonyl (C=O) groups excluding carboxylic acids is 1. The van der Waals surface area contributed by atoms with Gasteiger partial charge >= 0.3 is 0 Å². The second kappa shape index (κ2) is 7.06. The highest BCUT2D eigenvalue weighted by atomic mass is 32.1. The first kappa shape index (κ1) is 16.0. The number of rotatable bonds is 5. The van der Waals surface area contributed by atoms with Crippen LogP contribution in [0.4, 0.5) is 10.9 Å². The third-order valence-electron chi connectivity index (χ3n) is 3.55. The minimum absolute atomic E-state index is 0.0905. The molecule has 1 atom stereocenters. The van der Waals surface area contributed by atoms with Gasteiger partial charge in [-0.1, -0.05) is 25.2 Å². The van der Waals surface area contributed by atoms with Crippen molar-refractivity contribution in [1.29, 1.82) is 0 Å². The average molecular weight is 313 g/mol. The number of anilines is 2. The van der Waals surface area contributed by atoms with Crippen LogP contribution in [0.1, 0.15) is 23.5 Å². The summed E-state index contributed by atoms with van der Waals surface area (Å²) in [6.07, 6.45) is 0. The van der Waals surface area contributed by atoms with Gasteiger partial charge < -0.3 is 26.4 Å². The van der Waals surface area contributed by atoms with E-state index in [1.165, 1.54) is 11.3 Å². The number of hydrogen-bond acceptors (Lipinski definition) is 7. The summed E-state index contributed by atoms with van der Waals surface area (Å²) in [7, 11) is 0. The quantitative estimate of drug-likeness (QED) is 0.604. The molecule has 8 heteroatoms. The summed E-state index contributed by atoms with van der Waals surface area (Å²) in [6.45, 7) is 7.33. The SMILES string of the molecule is CC(C)C(CO)NC(=O)c1sc(N2CCNCC2)nc1N. The van der Waals surface area contributed by atoms with E-state index < -0.39 is 0 Å². The zero-order chi connectivity index (χ0) is 15.4. The molecule has 1 fully saturated rings. The fraction of sp³-hybridized carbons (Fsp3) is 0.692. The predicted octanol–water partition coefficient (Wildman–Crippen LogP) is -0.118. The van der Waals surface area contributed by atoms with Gasteiger partial charge in [0.15, 0.2) is 5.13 Å². The van der Waals surface area contributed by atoms with E-state index in [1.807, 2.05) is 13.8 Å². The zero-order valence-electron chi connectivity index (χ0n) is 12.4. The number of aliphatic hydroxyl groups is 1. The van der Waals surface area contributed by atoms with Crippen molar-refractivity contribution >= 4 is 28.2 Å². The Hall–Kier alpha value is -1.38. The molecule has 0 bridgehead atoms. The van der Waals surface area contributed by atoms with Gasteiger partial charge in [-0.05, 0) is 5.92 Å². The summed E-state index contributed by atoms with van der Waals surface area (Å²) in [5.41, 5.74) is 5.88. The zero-order valence-corrected chi connectivity index (χ0v) is 13.2. The van der Waals surface area contributed by atoms with Crippen molar-refractivity contribution in [1.82, 2.24) is 15.6 Å². The fourth-order valence-electron chi connectivity index (χ4n) is 2.13. The number of piperazine rings is 1. The van der Waals surface area contributed by atoms with Gasteiger partial charge in [0.25, 0.3) is 5.91 Å². The topological polar surface area (TPSA) is 104 Å². The van der Waals surface area contributed by atoms with Crippen LogP contribution in [-0.2, 0) is 0 Å². The van der Waals surface area contributed by atoms with Crippen LogP contribution in [0.15, 0.2) is 0 Å². The van der Waals surface area contributed by atoms with Crippen LogP contribution >= 0.6 is 11.3 Å². The van der Waals surface area contributed by atoms with Crippen molar-refractivity contribution in [3.05, 3.63) is 4.88 Å². The molecular weight excluding hydrogens is 290 g/mol. The summed E-state index contributed by atoms with van der Waals surface area (Å²) in [4.78, 5) is 19.1. The molecule has 7 nitrogen and oxygen atoms in total. The van der Waals surface area contributed by atoms with Crippen LogP contribution in [0.2, 0.25) is 0 Å². The number of aliphatic hydroxyl groups excluding tert-OH is 1. The molecule has 1 aromatic rings. The second-order valence-electron chi connectivity index (χ2n) is 5.45. The lowest BCUT2D eigenvalue weighted by atomic mass is 10.1. The van der Waals surface area contributed by atoms with Crippen molar-refractivity contribution in [3.63, 3.8) is 0 Å². The van der Waals surface area contributed by atoms with Crippen molar-refractivity contribution < 1.29 is 9.90 Å². The Morgan fingerprint density at radius 2 is 2.19 bits per heavy atom. The molecule has 0 spiro atoms. The molecule has 2 rings (SSSR count). The highest BCUT2D eigenvalue weighted by molar-refractivity contribution is 7.18. The van der Waals surface area contributed by atoms with Crippen molar-refractivity contribution in [2.45, 2.75) is 19.9 Å². The van der Waals surface area contributed by atoms with Crippen molar-refractivity contribution in [3.8, 4) is 0 Å². The van der Waals surface area contributed by atoms with Gasteiger partial charge in [-0.25, -0.2) is 4.98 Å². The van der Waals surface area contributed by atoms with Crippen molar-refractivity contribution in [2.75, 3.05) is 43.4 Å². The lowest BCUT2D eigenvalue weighted by molar-refractivity contribution is 0.0901. The molecule has 5 N–H and O–H groups in total. The Labute approximate surface area is 128 Å². The number of carbonyl (C=O) groups is 1. The minimum atomic E-state index is -0.276. The summed E-state index contributed by atoms with van der Waals surface area (Å²) in [5.74, 6) is 0.145. The first-order valence-electron chi connectivity index (χ1n) is 7.16. The van der Waals surface area contributed by atoms with Gasteiger partial charge in [0.2, 0.25) is 0 Å². The molecule has 1 aromatic heterocycles. The van der Waals surface area contributed by atoms with E-state index in [-0.39, 0.29) is 30.3 Å². The van der Waals surface area contributed by atoms with Crippen LogP contribution in [0, 0.1) is 5.92 Å². The molecule has 1 aliphatic rings. The maximum atomic E-state index is 12.3. The Morgan fingerprint density at radius 3 is 2.76 bits per heavy atom. The predicted molar refractivity (Wildman–Crippen MR) is 84.8 cm³/mol. The number of amides is 1. The molecule has 1 amide bonds. The fourth-order valence-corrected chi connectivity index (χ4v) is 3.07. The van der Waals surface area contributed by atoms with Gasteiger partial charge in [-0.3, -0.25) is 4.79 Å². The second-order valence-corrected chi connectivity index (χ2v) is 6.43. The molecular formula is C13H23N5O2S. The number of nitrogen functional groups attached to an aromatic ring is 1. The van der Waals surface area contributed by atoms with Crippen LogP contribution in [0.5, 0.6) is 0 Å². The number of nitrogens with two attached hydrogens (primary N) is 1. The normalized spacial score (nSPS) is 17.0. The van der Waals surface area contributed by atoms with E-state index in [2.05, 4.69) is 20.5 Å². The molecule has 1 saturated heterocycles. The number of nitrogens with one attached hydrogen (secondary N) is 2. The maximum absolute atomic E-state index is 12.3. The molecule has 1 aliphatic heterocycles. The summed E-state index contributed by atoms with van der Waals surface area (Å²) in [5, 5.41) is 16.2. The Kier molecular flexibility index (Phi) is 5.38. The summed E-state index contributed by atoms with van der Waals surface area (Å²) < 4.78 is 0. The van der Waals surface area contributed by atoms with Crippen molar-refractivity contribution in [2.24, 2.45) is 5.92 Å². The van der Waals surface area contributed by atoms with Gasteiger partial charge in [0.1, 0.15) is 10.7 Å². The largest absolute Gasteiger partial charge is 0.394 e. The Bertz CT molecular complexity index is 485. The first-order chi connectivity index (χ1) is 10.0. The monoisotopic (exact) mass is 313 g/mol. The van der Waals surface area contributed by atoms with Crippen LogP contribution < -0.4 is 21.3 Å². The molecule has 118 valence electrons. The molecule has 0 aliphatic carbocycles. The molecule has 0 radical (unpaired) electrons. The van der Waals surface area contributed by atoms with E-state index in [9.17, 15) is 9.90 Å². The van der Waals surface area contributed by atoms with Gasteiger partial charge in [-0.15, -0.1) is 0 Å². The smallest absolute Gasteiger partial charge is 0.265 e. The summed E-state index contributed by atoms with van der Waals surface area (Å²) >= 11 is 1.31. The number of aromatic nitrogens is 1. The lowest BCUT2D eigenvalue weighted by Crippen LogP contribution is -2.43. The van der Waals surface area contributed by atoms with E-state index >= 15 is 0 Å². The molecule has 21 heavy (non-hydrogen) atoms. The standard InChI is InChI=1S/C13H23N5O2S/c1-8(2)9(7-19)16-12(20)10-11(14)17-13(21-10)18-5-3-15-4-6-18/h8-9,15,19H,3-7,14H2,1-2H3,(H,16,20). The van der Waals surface area contributed by atoms with Crippen LogP contribution in [-0.4, -0.2) is 54.8 Å². The average Bonchev–Trinajstić information content (AvgIpc) is 2.87.